The molecule has 0 aliphatic heterocycles. The van der Waals surface area contributed by atoms with Crippen LogP contribution < -0.4 is 5.32 Å². The van der Waals surface area contributed by atoms with Gasteiger partial charge < -0.3 is 19.2 Å². The van der Waals surface area contributed by atoms with E-state index in [2.05, 4.69) is 5.32 Å². The quantitative estimate of drug-likeness (QED) is 0.411. The second-order valence-electron chi connectivity index (χ2n) is 8.69. The minimum atomic E-state index is -4.44. The molecule has 0 radical (unpaired) electrons. The molecular weight excluding hydrogens is 459 g/mol. The summed E-state index contributed by atoms with van der Waals surface area (Å²) in [5.74, 6) is 0.106. The molecular formula is C26H30F3N3O3. The van der Waals surface area contributed by atoms with Crippen LogP contribution in [0.25, 0.3) is 0 Å². The molecule has 2 heterocycles. The Morgan fingerprint density at radius 1 is 1.11 bits per heavy atom. The van der Waals surface area contributed by atoms with Gasteiger partial charge in [0.15, 0.2) is 5.76 Å². The predicted molar refractivity (Wildman–Crippen MR) is 125 cm³/mol. The zero-order chi connectivity index (χ0) is 25.6. The molecule has 0 saturated heterocycles. The van der Waals surface area contributed by atoms with Crippen LogP contribution in [0.5, 0.6) is 0 Å². The third-order valence-electron chi connectivity index (χ3n) is 5.49. The smallest absolute Gasteiger partial charge is 0.416 e. The number of benzene rings is 1. The Morgan fingerprint density at radius 3 is 2.57 bits per heavy atom. The second kappa shape index (κ2) is 11.3. The number of nitrogens with one attached hydrogen (secondary N) is 1. The monoisotopic (exact) mass is 489 g/mol. The van der Waals surface area contributed by atoms with Crippen LogP contribution in [0.2, 0.25) is 0 Å². The Hall–Kier alpha value is -3.49. The Balaban J connectivity index is 1.62. The van der Waals surface area contributed by atoms with Crippen molar-refractivity contribution in [2.24, 2.45) is 5.92 Å². The van der Waals surface area contributed by atoms with Gasteiger partial charge in [0.2, 0.25) is 5.91 Å². The maximum absolute atomic E-state index is 12.9. The molecule has 1 aromatic carbocycles. The first kappa shape index (κ1) is 26.1. The molecule has 1 N–H and O–H groups in total. The number of furan rings is 1. The maximum atomic E-state index is 12.9. The summed E-state index contributed by atoms with van der Waals surface area (Å²) in [6.45, 7) is 7.25. The van der Waals surface area contributed by atoms with Crippen LogP contribution in [0.3, 0.4) is 0 Å². The fraction of sp³-hybridized carbons (Fsp3) is 0.385. The molecule has 6 nitrogen and oxygen atoms in total. The fourth-order valence-corrected chi connectivity index (χ4v) is 3.72. The molecule has 3 aromatic rings. The number of hydrogen-bond acceptors (Lipinski definition) is 3. The van der Waals surface area contributed by atoms with Gasteiger partial charge in [0.05, 0.1) is 18.7 Å². The molecule has 9 heteroatoms. The summed E-state index contributed by atoms with van der Waals surface area (Å²) < 4.78 is 46.3. The molecule has 35 heavy (non-hydrogen) atoms. The number of carbonyl (C=O) groups excluding carboxylic acids is 2. The van der Waals surface area contributed by atoms with Gasteiger partial charge in [-0.15, -0.1) is 0 Å². The van der Waals surface area contributed by atoms with Gasteiger partial charge in [-0.2, -0.15) is 13.2 Å². The standard InChI is InChI=1S/C26H30F3N3O3/c1-4-12-32(25(34)18(2)3)16-21-9-6-13-31(21)17-22-10-11-23(35-22)24(33)30-15-19-7-5-8-20(14-19)26(27,28)29/h5-11,13-14,18H,4,12,15-17H2,1-3H3,(H,30,33). The van der Waals surface area contributed by atoms with Gasteiger partial charge in [-0.25, -0.2) is 0 Å². The molecule has 2 aromatic heterocycles. The number of amides is 2. The molecule has 0 fully saturated rings. The molecule has 0 saturated carbocycles. The second-order valence-corrected chi connectivity index (χ2v) is 8.69. The van der Waals surface area contributed by atoms with Crippen molar-refractivity contribution in [2.45, 2.75) is 53.0 Å². The number of aromatic nitrogens is 1. The zero-order valence-electron chi connectivity index (χ0n) is 20.1. The lowest BCUT2D eigenvalue weighted by Crippen LogP contribution is -2.35. The van der Waals surface area contributed by atoms with Gasteiger partial charge in [0, 0.05) is 30.9 Å². The molecule has 0 atom stereocenters. The third kappa shape index (κ3) is 7.00. The number of hydrogen-bond donors (Lipinski definition) is 1. The highest BCUT2D eigenvalue weighted by Crippen LogP contribution is 2.29. The molecule has 188 valence electrons. The molecule has 0 spiro atoms. The summed E-state index contributed by atoms with van der Waals surface area (Å²) in [7, 11) is 0. The summed E-state index contributed by atoms with van der Waals surface area (Å²) in [6, 6.07) is 11.9. The Kier molecular flexibility index (Phi) is 8.43. The van der Waals surface area contributed by atoms with Crippen molar-refractivity contribution in [3.05, 3.63) is 83.1 Å². The summed E-state index contributed by atoms with van der Waals surface area (Å²) >= 11 is 0. The number of alkyl halides is 3. The van der Waals surface area contributed by atoms with E-state index in [1.165, 1.54) is 18.2 Å². The number of halogens is 3. The minimum Gasteiger partial charge on any atom is -0.454 e. The van der Waals surface area contributed by atoms with E-state index in [1.807, 2.05) is 48.6 Å². The third-order valence-corrected chi connectivity index (χ3v) is 5.49. The van der Waals surface area contributed by atoms with Gasteiger partial charge in [-0.1, -0.05) is 32.9 Å². The van der Waals surface area contributed by atoms with Crippen LogP contribution in [0.15, 0.2) is 59.1 Å². The number of nitrogens with zero attached hydrogens (tertiary/aromatic N) is 2. The van der Waals surface area contributed by atoms with E-state index in [0.717, 1.165) is 24.2 Å². The van der Waals surface area contributed by atoms with E-state index in [0.29, 0.717) is 31.0 Å². The molecule has 3 rings (SSSR count). The van der Waals surface area contributed by atoms with Crippen LogP contribution in [0.4, 0.5) is 13.2 Å². The van der Waals surface area contributed by atoms with E-state index in [-0.39, 0.29) is 24.1 Å². The Labute approximate surface area is 202 Å². The Morgan fingerprint density at radius 2 is 1.89 bits per heavy atom. The van der Waals surface area contributed by atoms with Crippen molar-refractivity contribution in [3.63, 3.8) is 0 Å². The lowest BCUT2D eigenvalue weighted by Gasteiger charge is -2.24. The van der Waals surface area contributed by atoms with Crippen LogP contribution in [-0.2, 0) is 30.6 Å². The van der Waals surface area contributed by atoms with E-state index in [1.54, 1.807) is 6.07 Å². The van der Waals surface area contributed by atoms with Crippen LogP contribution in [-0.4, -0.2) is 27.8 Å². The topological polar surface area (TPSA) is 67.5 Å². The predicted octanol–water partition coefficient (Wildman–Crippen LogP) is 5.47. The highest BCUT2D eigenvalue weighted by Gasteiger charge is 2.30. The highest BCUT2D eigenvalue weighted by molar-refractivity contribution is 5.91. The average molecular weight is 490 g/mol. The first-order valence-electron chi connectivity index (χ1n) is 11.5. The van der Waals surface area contributed by atoms with Crippen molar-refractivity contribution < 1.29 is 27.2 Å². The Bertz CT molecular complexity index is 1150. The van der Waals surface area contributed by atoms with Crippen molar-refractivity contribution in [1.29, 1.82) is 0 Å². The average Bonchev–Trinajstić information content (AvgIpc) is 3.46. The summed E-state index contributed by atoms with van der Waals surface area (Å²) in [6.07, 6.45) is -1.70. The maximum Gasteiger partial charge on any atom is 0.416 e. The van der Waals surface area contributed by atoms with Crippen molar-refractivity contribution >= 4 is 11.8 Å². The lowest BCUT2D eigenvalue weighted by atomic mass is 10.1. The molecule has 0 aliphatic carbocycles. The largest absolute Gasteiger partial charge is 0.454 e. The number of carbonyl (C=O) groups is 2. The van der Waals surface area contributed by atoms with Crippen LogP contribution in [0.1, 0.15) is 60.3 Å². The van der Waals surface area contributed by atoms with Gasteiger partial charge in [-0.3, -0.25) is 9.59 Å². The summed E-state index contributed by atoms with van der Waals surface area (Å²) in [4.78, 5) is 26.8. The van der Waals surface area contributed by atoms with Crippen molar-refractivity contribution in [2.75, 3.05) is 6.54 Å². The van der Waals surface area contributed by atoms with E-state index >= 15 is 0 Å². The lowest BCUT2D eigenvalue weighted by molar-refractivity contribution is -0.137. The van der Waals surface area contributed by atoms with Gasteiger partial charge >= 0.3 is 6.18 Å². The molecule has 0 bridgehead atoms. The molecule has 0 aliphatic rings. The van der Waals surface area contributed by atoms with Crippen molar-refractivity contribution in [1.82, 2.24) is 14.8 Å². The normalized spacial score (nSPS) is 11.6. The van der Waals surface area contributed by atoms with Crippen LogP contribution in [0, 0.1) is 5.92 Å². The summed E-state index contributed by atoms with van der Waals surface area (Å²) in [5, 5.41) is 2.59. The van der Waals surface area contributed by atoms with Gasteiger partial charge in [-0.05, 0) is 48.4 Å². The molecule has 0 unspecified atom stereocenters. The van der Waals surface area contributed by atoms with Crippen LogP contribution >= 0.6 is 0 Å². The SMILES string of the molecule is CCCN(Cc1cccn1Cc1ccc(C(=O)NCc2cccc(C(F)(F)F)c2)o1)C(=O)C(C)C. The fourth-order valence-electron chi connectivity index (χ4n) is 3.72. The minimum absolute atomic E-state index is 0.0579. The first-order chi connectivity index (χ1) is 16.6. The number of rotatable bonds is 10. The zero-order valence-corrected chi connectivity index (χ0v) is 20.1. The van der Waals surface area contributed by atoms with E-state index in [9.17, 15) is 22.8 Å². The molecule has 2 amide bonds. The highest BCUT2D eigenvalue weighted by atomic mass is 19.4. The van der Waals surface area contributed by atoms with E-state index < -0.39 is 17.6 Å². The van der Waals surface area contributed by atoms with Crippen molar-refractivity contribution in [3.8, 4) is 0 Å². The van der Waals surface area contributed by atoms with Gasteiger partial charge in [0.25, 0.3) is 5.91 Å². The van der Waals surface area contributed by atoms with Gasteiger partial charge in [0.1, 0.15) is 5.76 Å². The van der Waals surface area contributed by atoms with E-state index in [4.69, 9.17) is 4.42 Å². The first-order valence-corrected chi connectivity index (χ1v) is 11.5. The summed E-state index contributed by atoms with van der Waals surface area (Å²) in [5.41, 5.74) is 0.517.